The molecular weight excluding hydrogens is 298 g/mol. The second kappa shape index (κ2) is 8.73. The van der Waals surface area contributed by atoms with Gasteiger partial charge in [0.1, 0.15) is 0 Å². The quantitative estimate of drug-likeness (QED) is 0.393. The molecule has 0 spiro atoms. The summed E-state index contributed by atoms with van der Waals surface area (Å²) in [4.78, 5) is 0. The molecule has 2 aromatic rings. The Labute approximate surface area is 139 Å². The minimum atomic E-state index is -4.12. The molecule has 0 N–H and O–H groups in total. The van der Waals surface area contributed by atoms with Gasteiger partial charge >= 0.3 is 18.9 Å². The number of rotatable bonds is 6. The molecule has 0 saturated heterocycles. The zero-order valence-corrected chi connectivity index (χ0v) is 13.7. The third kappa shape index (κ3) is 6.34. The Bertz CT molecular complexity index is 593. The molecule has 6 heteroatoms. The molecule has 0 heterocycles. The zero-order chi connectivity index (χ0) is 14.4. The number of hydrogen-bond acceptors (Lipinski definition) is 3. The molecule has 0 aliphatic heterocycles. The van der Waals surface area contributed by atoms with Crippen molar-refractivity contribution in [2.45, 2.75) is 6.42 Å². The SMILES string of the molecule is O=S(=O)([O-])CCCP(c1ccccc1)c1ccccc1.[Li+]. The van der Waals surface area contributed by atoms with E-state index in [1.807, 2.05) is 36.4 Å². The molecule has 0 saturated carbocycles. The van der Waals surface area contributed by atoms with E-state index in [9.17, 15) is 13.0 Å². The van der Waals surface area contributed by atoms with Crippen LogP contribution in [0, 0.1) is 0 Å². The summed E-state index contributed by atoms with van der Waals surface area (Å²) in [5, 5.41) is 2.41. The van der Waals surface area contributed by atoms with Crippen molar-refractivity contribution in [3.05, 3.63) is 60.7 Å². The predicted molar refractivity (Wildman–Crippen MR) is 83.1 cm³/mol. The van der Waals surface area contributed by atoms with Gasteiger partial charge in [-0.15, -0.1) is 0 Å². The van der Waals surface area contributed by atoms with Crippen molar-refractivity contribution < 1.29 is 31.8 Å². The van der Waals surface area contributed by atoms with Crippen molar-refractivity contribution in [3.8, 4) is 0 Å². The summed E-state index contributed by atoms with van der Waals surface area (Å²) < 4.78 is 32.2. The molecule has 21 heavy (non-hydrogen) atoms. The van der Waals surface area contributed by atoms with Gasteiger partial charge in [-0.3, -0.25) is 0 Å². The first-order valence-corrected chi connectivity index (χ1v) is 9.48. The van der Waals surface area contributed by atoms with E-state index in [1.54, 1.807) is 0 Å². The molecule has 2 rings (SSSR count). The van der Waals surface area contributed by atoms with Crippen LogP contribution in [0.2, 0.25) is 0 Å². The molecule has 106 valence electrons. The Morgan fingerprint density at radius 3 is 1.67 bits per heavy atom. The summed E-state index contributed by atoms with van der Waals surface area (Å²) in [5.74, 6) is -0.286. The summed E-state index contributed by atoms with van der Waals surface area (Å²) >= 11 is 0. The molecule has 0 aliphatic carbocycles. The summed E-state index contributed by atoms with van der Waals surface area (Å²) in [6, 6.07) is 20.1. The third-order valence-corrected chi connectivity index (χ3v) is 6.31. The zero-order valence-electron chi connectivity index (χ0n) is 12.0. The van der Waals surface area contributed by atoms with Gasteiger partial charge in [-0.05, 0) is 31.1 Å². The summed E-state index contributed by atoms with van der Waals surface area (Å²) in [5.41, 5.74) is 0. The fraction of sp³-hybridized carbons (Fsp3) is 0.200. The maximum atomic E-state index is 10.7. The van der Waals surface area contributed by atoms with Crippen molar-refractivity contribution in [2.24, 2.45) is 0 Å². The molecule has 3 nitrogen and oxygen atoms in total. The van der Waals surface area contributed by atoms with Crippen LogP contribution in [0.3, 0.4) is 0 Å². The fourth-order valence-electron chi connectivity index (χ4n) is 2.02. The van der Waals surface area contributed by atoms with E-state index < -0.39 is 18.0 Å². The second-order valence-corrected chi connectivity index (χ2v) is 8.30. The molecule has 0 radical (unpaired) electrons. The standard InChI is InChI=1S/C15H17O3PS.Li/c16-20(17,18)13-7-12-19(14-8-3-1-4-9-14)15-10-5-2-6-11-15;/h1-6,8-11H,7,12-13H2,(H,16,17,18);/q;+1/p-1. The van der Waals surface area contributed by atoms with E-state index in [-0.39, 0.29) is 24.6 Å². The van der Waals surface area contributed by atoms with Gasteiger partial charge in [0.05, 0.1) is 10.1 Å². The maximum absolute atomic E-state index is 10.7. The normalized spacial score (nSPS) is 11.1. The van der Waals surface area contributed by atoms with Gasteiger partial charge in [0.25, 0.3) is 0 Å². The van der Waals surface area contributed by atoms with Crippen molar-refractivity contribution in [3.63, 3.8) is 0 Å². The van der Waals surface area contributed by atoms with Crippen LogP contribution in [-0.2, 0) is 10.1 Å². The van der Waals surface area contributed by atoms with Crippen LogP contribution in [0.25, 0.3) is 0 Å². The van der Waals surface area contributed by atoms with E-state index >= 15 is 0 Å². The largest absolute Gasteiger partial charge is 1.00 e. The van der Waals surface area contributed by atoms with Crippen LogP contribution >= 0.6 is 7.92 Å². The average molecular weight is 314 g/mol. The van der Waals surface area contributed by atoms with Crippen molar-refractivity contribution in [1.29, 1.82) is 0 Å². The van der Waals surface area contributed by atoms with Gasteiger partial charge in [0, 0.05) is 5.75 Å². The van der Waals surface area contributed by atoms with Crippen molar-refractivity contribution in [2.75, 3.05) is 11.9 Å². The minimum Gasteiger partial charge on any atom is -0.748 e. The Kier molecular flexibility index (Phi) is 7.66. The van der Waals surface area contributed by atoms with Gasteiger partial charge in [0.15, 0.2) is 0 Å². The van der Waals surface area contributed by atoms with Gasteiger partial charge < -0.3 is 4.55 Å². The fourth-order valence-corrected chi connectivity index (χ4v) is 5.09. The van der Waals surface area contributed by atoms with Crippen LogP contribution < -0.4 is 29.5 Å². The molecular formula is C15H16LiO3PS. The van der Waals surface area contributed by atoms with E-state index in [1.165, 1.54) is 10.6 Å². The molecule has 2 aromatic carbocycles. The van der Waals surface area contributed by atoms with E-state index in [4.69, 9.17) is 0 Å². The maximum Gasteiger partial charge on any atom is 1.00 e. The Morgan fingerprint density at radius 2 is 1.29 bits per heavy atom. The van der Waals surface area contributed by atoms with E-state index in [2.05, 4.69) is 24.3 Å². The summed E-state index contributed by atoms with van der Waals surface area (Å²) in [6.45, 7) is 0. The van der Waals surface area contributed by atoms with Crippen LogP contribution in [0.1, 0.15) is 6.42 Å². The van der Waals surface area contributed by atoms with Crippen LogP contribution in [0.15, 0.2) is 60.7 Å². The van der Waals surface area contributed by atoms with E-state index in [0.29, 0.717) is 12.6 Å². The van der Waals surface area contributed by atoms with Gasteiger partial charge in [-0.1, -0.05) is 60.7 Å². The van der Waals surface area contributed by atoms with Crippen LogP contribution in [-0.4, -0.2) is 24.9 Å². The molecule has 0 amide bonds. The smallest absolute Gasteiger partial charge is 0.748 e. The van der Waals surface area contributed by atoms with Crippen LogP contribution in [0.5, 0.6) is 0 Å². The first-order chi connectivity index (χ1) is 9.56. The van der Waals surface area contributed by atoms with Crippen LogP contribution in [0.4, 0.5) is 0 Å². The van der Waals surface area contributed by atoms with Gasteiger partial charge in [-0.25, -0.2) is 8.42 Å². The molecule has 0 fully saturated rings. The summed E-state index contributed by atoms with van der Waals surface area (Å²) in [6.07, 6.45) is 1.12. The first-order valence-electron chi connectivity index (χ1n) is 6.37. The van der Waals surface area contributed by atoms with Gasteiger partial charge in [-0.2, -0.15) is 0 Å². The topological polar surface area (TPSA) is 57.2 Å². The Balaban J connectivity index is 0.00000220. The second-order valence-electron chi connectivity index (χ2n) is 4.44. The van der Waals surface area contributed by atoms with Gasteiger partial charge in [0.2, 0.25) is 0 Å². The van der Waals surface area contributed by atoms with E-state index in [0.717, 1.165) is 0 Å². The van der Waals surface area contributed by atoms with Crippen molar-refractivity contribution in [1.82, 2.24) is 0 Å². The predicted octanol–water partition coefficient (Wildman–Crippen LogP) is -0.941. The molecule has 0 atom stereocenters. The summed E-state index contributed by atoms with van der Waals surface area (Å²) in [7, 11) is -4.73. The Hall–Kier alpha value is -0.623. The molecule has 0 aliphatic rings. The number of benzene rings is 2. The molecule has 0 bridgehead atoms. The third-order valence-electron chi connectivity index (χ3n) is 2.91. The average Bonchev–Trinajstić information content (AvgIpc) is 2.44. The Morgan fingerprint density at radius 1 is 0.857 bits per heavy atom. The molecule has 0 aromatic heterocycles. The molecule has 0 unspecified atom stereocenters. The van der Waals surface area contributed by atoms with Crippen molar-refractivity contribution >= 4 is 28.6 Å². The monoisotopic (exact) mass is 314 g/mol. The minimum absolute atomic E-state index is 0. The first kappa shape index (κ1) is 18.4. The number of hydrogen-bond donors (Lipinski definition) is 0.